The summed E-state index contributed by atoms with van der Waals surface area (Å²) in [7, 11) is 0. The van der Waals surface area contributed by atoms with Crippen LogP contribution in [0.1, 0.15) is 29.5 Å². The SMILES string of the molecule is Cc1cc(C)cc(-c2ccc(Cl)cc2CNC2CC2)c1. The fraction of sp³-hybridized carbons (Fsp3) is 0.333. The molecule has 0 bridgehead atoms. The van der Waals surface area contributed by atoms with Crippen LogP contribution in [0.5, 0.6) is 0 Å². The summed E-state index contributed by atoms with van der Waals surface area (Å²) in [6, 6.07) is 13.6. The summed E-state index contributed by atoms with van der Waals surface area (Å²) in [6.07, 6.45) is 2.61. The second-order valence-corrected chi connectivity index (χ2v) is 6.27. The van der Waals surface area contributed by atoms with Crippen molar-refractivity contribution in [3.8, 4) is 11.1 Å². The van der Waals surface area contributed by atoms with Gasteiger partial charge in [0.1, 0.15) is 0 Å². The van der Waals surface area contributed by atoms with E-state index in [1.165, 1.54) is 40.7 Å². The molecule has 1 N–H and O–H groups in total. The third kappa shape index (κ3) is 3.23. The second kappa shape index (κ2) is 5.59. The molecule has 1 saturated carbocycles. The van der Waals surface area contributed by atoms with Crippen molar-refractivity contribution in [2.45, 2.75) is 39.3 Å². The molecule has 2 aromatic carbocycles. The highest BCUT2D eigenvalue weighted by molar-refractivity contribution is 6.30. The molecule has 1 nitrogen and oxygen atoms in total. The third-order valence-corrected chi connectivity index (χ3v) is 3.99. The molecule has 0 radical (unpaired) electrons. The molecule has 0 unspecified atom stereocenters. The molecule has 20 heavy (non-hydrogen) atoms. The summed E-state index contributed by atoms with van der Waals surface area (Å²) in [5.41, 5.74) is 6.46. The zero-order valence-corrected chi connectivity index (χ0v) is 12.8. The highest BCUT2D eigenvalue weighted by atomic mass is 35.5. The summed E-state index contributed by atoms with van der Waals surface area (Å²) in [5, 5.41) is 4.39. The fourth-order valence-corrected chi connectivity index (χ4v) is 2.86. The molecule has 0 aliphatic heterocycles. The smallest absolute Gasteiger partial charge is 0.0409 e. The predicted octanol–water partition coefficient (Wildman–Crippen LogP) is 4.88. The van der Waals surface area contributed by atoms with Gasteiger partial charge in [0.15, 0.2) is 0 Å². The molecule has 0 atom stereocenters. The van der Waals surface area contributed by atoms with E-state index in [4.69, 9.17) is 11.6 Å². The number of rotatable bonds is 4. The lowest BCUT2D eigenvalue weighted by Gasteiger charge is -2.13. The summed E-state index contributed by atoms with van der Waals surface area (Å²) in [4.78, 5) is 0. The first-order valence-electron chi connectivity index (χ1n) is 7.22. The molecule has 0 saturated heterocycles. The van der Waals surface area contributed by atoms with Crippen molar-refractivity contribution in [3.05, 3.63) is 58.1 Å². The molecule has 2 aromatic rings. The average Bonchev–Trinajstić information content (AvgIpc) is 3.19. The first-order valence-corrected chi connectivity index (χ1v) is 7.60. The van der Waals surface area contributed by atoms with Crippen molar-refractivity contribution in [3.63, 3.8) is 0 Å². The molecule has 1 aliphatic carbocycles. The number of nitrogens with one attached hydrogen (secondary N) is 1. The van der Waals surface area contributed by atoms with E-state index >= 15 is 0 Å². The topological polar surface area (TPSA) is 12.0 Å². The molecule has 104 valence electrons. The van der Waals surface area contributed by atoms with Gasteiger partial charge in [0.25, 0.3) is 0 Å². The van der Waals surface area contributed by atoms with Crippen molar-refractivity contribution in [1.29, 1.82) is 0 Å². The van der Waals surface area contributed by atoms with E-state index < -0.39 is 0 Å². The lowest BCUT2D eigenvalue weighted by molar-refractivity contribution is 0.689. The third-order valence-electron chi connectivity index (χ3n) is 3.76. The van der Waals surface area contributed by atoms with Gasteiger partial charge < -0.3 is 5.32 Å². The quantitative estimate of drug-likeness (QED) is 0.844. The van der Waals surface area contributed by atoms with Gasteiger partial charge in [0.05, 0.1) is 0 Å². The second-order valence-electron chi connectivity index (χ2n) is 5.83. The summed E-state index contributed by atoms with van der Waals surface area (Å²) >= 11 is 6.17. The van der Waals surface area contributed by atoms with Gasteiger partial charge in [0.2, 0.25) is 0 Å². The van der Waals surface area contributed by atoms with Crippen LogP contribution in [-0.2, 0) is 6.54 Å². The van der Waals surface area contributed by atoms with Crippen LogP contribution < -0.4 is 5.32 Å². The van der Waals surface area contributed by atoms with E-state index in [1.54, 1.807) is 0 Å². The van der Waals surface area contributed by atoms with Crippen LogP contribution in [0, 0.1) is 13.8 Å². The highest BCUT2D eigenvalue weighted by Crippen LogP contribution is 2.29. The van der Waals surface area contributed by atoms with Crippen LogP contribution in [-0.4, -0.2) is 6.04 Å². The van der Waals surface area contributed by atoms with E-state index in [-0.39, 0.29) is 0 Å². The minimum atomic E-state index is 0.709. The van der Waals surface area contributed by atoms with Crippen LogP contribution in [0.4, 0.5) is 0 Å². The van der Waals surface area contributed by atoms with Crippen LogP contribution in [0.3, 0.4) is 0 Å². The lowest BCUT2D eigenvalue weighted by atomic mass is 9.96. The zero-order chi connectivity index (χ0) is 14.1. The molecular weight excluding hydrogens is 266 g/mol. The molecule has 3 rings (SSSR count). The minimum absolute atomic E-state index is 0.709. The summed E-state index contributed by atoms with van der Waals surface area (Å²) in [6.45, 7) is 5.19. The van der Waals surface area contributed by atoms with Crippen molar-refractivity contribution in [2.75, 3.05) is 0 Å². The first kappa shape index (κ1) is 13.7. The number of aryl methyl sites for hydroxylation is 2. The normalized spacial score (nSPS) is 14.6. The van der Waals surface area contributed by atoms with E-state index in [9.17, 15) is 0 Å². The molecule has 2 heteroatoms. The Kier molecular flexibility index (Phi) is 3.82. The standard InChI is InChI=1S/C18H20ClN/c1-12-7-13(2)9-14(8-12)18-6-3-16(19)10-15(18)11-20-17-4-5-17/h3,6-10,17,20H,4-5,11H2,1-2H3. The largest absolute Gasteiger partial charge is 0.310 e. The maximum absolute atomic E-state index is 6.17. The number of halogens is 1. The maximum atomic E-state index is 6.17. The maximum Gasteiger partial charge on any atom is 0.0409 e. The fourth-order valence-electron chi connectivity index (χ4n) is 2.66. The number of benzene rings is 2. The van der Waals surface area contributed by atoms with Crippen molar-refractivity contribution in [2.24, 2.45) is 0 Å². The molecule has 0 aromatic heterocycles. The Hall–Kier alpha value is -1.31. The van der Waals surface area contributed by atoms with Crippen molar-refractivity contribution in [1.82, 2.24) is 5.32 Å². The van der Waals surface area contributed by atoms with E-state index in [0.717, 1.165) is 11.6 Å². The van der Waals surface area contributed by atoms with Gasteiger partial charge >= 0.3 is 0 Å². The number of hydrogen-bond acceptors (Lipinski definition) is 1. The van der Waals surface area contributed by atoms with E-state index in [1.807, 2.05) is 6.07 Å². The van der Waals surface area contributed by atoms with Gasteiger partial charge in [-0.3, -0.25) is 0 Å². The predicted molar refractivity (Wildman–Crippen MR) is 86.2 cm³/mol. The van der Waals surface area contributed by atoms with E-state index in [2.05, 4.69) is 49.5 Å². The Bertz CT molecular complexity index is 609. The van der Waals surface area contributed by atoms with E-state index in [0.29, 0.717) is 6.04 Å². The zero-order valence-electron chi connectivity index (χ0n) is 12.0. The summed E-state index contributed by atoms with van der Waals surface area (Å²) in [5.74, 6) is 0. The number of hydrogen-bond donors (Lipinski definition) is 1. The van der Waals surface area contributed by atoms with Crippen LogP contribution in [0.15, 0.2) is 36.4 Å². The molecular formula is C18H20ClN. The molecule has 0 spiro atoms. The highest BCUT2D eigenvalue weighted by Gasteiger charge is 2.20. The molecule has 1 aliphatic rings. The Morgan fingerprint density at radius 1 is 1.05 bits per heavy atom. The van der Waals surface area contributed by atoms with Crippen LogP contribution in [0.25, 0.3) is 11.1 Å². The van der Waals surface area contributed by atoms with Crippen LogP contribution in [0.2, 0.25) is 5.02 Å². The summed E-state index contributed by atoms with van der Waals surface area (Å²) < 4.78 is 0. The van der Waals surface area contributed by atoms with Gasteiger partial charge in [0, 0.05) is 17.6 Å². The van der Waals surface area contributed by atoms with Gasteiger partial charge in [-0.1, -0.05) is 47.0 Å². The lowest BCUT2D eigenvalue weighted by Crippen LogP contribution is -2.15. The molecule has 0 amide bonds. The molecule has 0 heterocycles. The van der Waals surface area contributed by atoms with Crippen LogP contribution >= 0.6 is 11.6 Å². The minimum Gasteiger partial charge on any atom is -0.310 e. The van der Waals surface area contributed by atoms with Crippen molar-refractivity contribution >= 4 is 11.6 Å². The first-order chi connectivity index (χ1) is 9.61. The van der Waals surface area contributed by atoms with Gasteiger partial charge in [-0.2, -0.15) is 0 Å². The molecule has 1 fully saturated rings. The Morgan fingerprint density at radius 3 is 2.40 bits per heavy atom. The van der Waals surface area contributed by atoms with Gasteiger partial charge in [-0.15, -0.1) is 0 Å². The monoisotopic (exact) mass is 285 g/mol. The Balaban J connectivity index is 1.97. The average molecular weight is 286 g/mol. The Labute approximate surface area is 126 Å². The van der Waals surface area contributed by atoms with Gasteiger partial charge in [-0.05, 0) is 55.5 Å². The van der Waals surface area contributed by atoms with Gasteiger partial charge in [-0.25, -0.2) is 0 Å². The Morgan fingerprint density at radius 2 is 1.75 bits per heavy atom. The van der Waals surface area contributed by atoms with Crippen molar-refractivity contribution < 1.29 is 0 Å².